The van der Waals surface area contributed by atoms with E-state index < -0.39 is 6.17 Å². The first-order chi connectivity index (χ1) is 12.2. The average Bonchev–Trinajstić information content (AvgIpc) is 2.56. The molecule has 26 heavy (non-hydrogen) atoms. The second-order valence-corrected chi connectivity index (χ2v) is 8.12. The maximum atomic E-state index is 9.02. The Morgan fingerprint density at radius 1 is 1.31 bits per heavy atom. The van der Waals surface area contributed by atoms with Gasteiger partial charge in [0.05, 0.1) is 0 Å². The molecule has 1 rings (SSSR count). The molecule has 0 aromatic heterocycles. The third-order valence-corrected chi connectivity index (χ3v) is 4.24. The molecule has 0 aromatic carbocycles. The van der Waals surface area contributed by atoms with E-state index in [0.29, 0.717) is 0 Å². The van der Waals surface area contributed by atoms with Crippen LogP contribution in [0.1, 0.15) is 27.7 Å². The van der Waals surface area contributed by atoms with Gasteiger partial charge in [-0.3, -0.25) is 9.89 Å². The predicted molar refractivity (Wildman–Crippen MR) is 110 cm³/mol. The molecule has 0 radical (unpaired) electrons. The number of allylic oxidation sites excluding steroid dienone is 2. The van der Waals surface area contributed by atoms with Gasteiger partial charge in [-0.25, -0.2) is 0 Å². The molecular weight excluding hydrogens is 324 g/mol. The van der Waals surface area contributed by atoms with Crippen molar-refractivity contribution >= 4 is 6.21 Å². The Kier molecular flexibility index (Phi) is 9.39. The van der Waals surface area contributed by atoms with Crippen molar-refractivity contribution in [2.75, 3.05) is 53.4 Å². The van der Waals surface area contributed by atoms with Crippen LogP contribution in [0.4, 0.5) is 0 Å². The number of likely N-dealkylation sites (N-methyl/N-ethyl adjacent to an activating group) is 2. The first kappa shape index (κ1) is 22.2. The molecule has 1 N–H and O–H groups in total. The molecule has 6 heteroatoms. The number of hydrogen-bond donors (Lipinski definition) is 1. The van der Waals surface area contributed by atoms with Crippen molar-refractivity contribution < 1.29 is 0 Å². The van der Waals surface area contributed by atoms with Crippen LogP contribution >= 0.6 is 0 Å². The van der Waals surface area contributed by atoms with Crippen molar-refractivity contribution in [2.45, 2.75) is 33.9 Å². The molecule has 1 saturated heterocycles. The van der Waals surface area contributed by atoms with E-state index in [-0.39, 0.29) is 5.41 Å². The highest BCUT2D eigenvalue weighted by atomic mass is 15.3. The minimum absolute atomic E-state index is 0.236. The van der Waals surface area contributed by atoms with Gasteiger partial charge in [-0.2, -0.15) is 5.26 Å². The monoisotopic (exact) mass is 360 g/mol. The Bertz CT molecular complexity index is 529. The second kappa shape index (κ2) is 11.0. The number of nitriles is 1. The molecule has 1 aliphatic heterocycles. The number of nitrogens with one attached hydrogen (secondary N) is 1. The van der Waals surface area contributed by atoms with Crippen molar-refractivity contribution in [3.8, 4) is 6.07 Å². The third-order valence-electron chi connectivity index (χ3n) is 4.24. The van der Waals surface area contributed by atoms with Gasteiger partial charge >= 0.3 is 0 Å². The minimum Gasteiger partial charge on any atom is -0.376 e. The second-order valence-electron chi connectivity index (χ2n) is 8.12. The molecule has 146 valence electrons. The van der Waals surface area contributed by atoms with E-state index in [4.69, 9.17) is 5.26 Å². The van der Waals surface area contributed by atoms with Crippen molar-refractivity contribution in [3.05, 3.63) is 24.0 Å². The molecule has 0 aromatic rings. The Hall–Kier alpha value is -1.84. The molecule has 0 aliphatic carbocycles. The molecule has 1 atom stereocenters. The topological polar surface area (TPSA) is 57.9 Å². The van der Waals surface area contributed by atoms with E-state index >= 15 is 0 Å². The van der Waals surface area contributed by atoms with E-state index in [2.05, 4.69) is 72.0 Å². The number of hydrogen-bond acceptors (Lipinski definition) is 6. The fourth-order valence-corrected chi connectivity index (χ4v) is 2.92. The Balaban J connectivity index is 2.77. The SMILES string of the molecule is C/C=N\C(C#N)N/C=C/C=C(/CN1CCN(C)CC1)N(C)CC(C)(C)C. The van der Waals surface area contributed by atoms with Gasteiger partial charge in [0.2, 0.25) is 6.17 Å². The van der Waals surface area contributed by atoms with Crippen LogP contribution in [0.5, 0.6) is 0 Å². The number of rotatable bonds is 8. The fourth-order valence-electron chi connectivity index (χ4n) is 2.92. The van der Waals surface area contributed by atoms with Crippen LogP contribution in [-0.2, 0) is 0 Å². The highest BCUT2D eigenvalue weighted by Gasteiger charge is 2.19. The lowest BCUT2D eigenvalue weighted by Gasteiger charge is -2.36. The predicted octanol–water partition coefficient (Wildman–Crippen LogP) is 2.14. The summed E-state index contributed by atoms with van der Waals surface area (Å²) in [5, 5.41) is 12.0. The molecule has 0 saturated carbocycles. The average molecular weight is 361 g/mol. The lowest BCUT2D eigenvalue weighted by Crippen LogP contribution is -2.46. The van der Waals surface area contributed by atoms with Crippen LogP contribution < -0.4 is 5.32 Å². The summed E-state index contributed by atoms with van der Waals surface area (Å²) in [5.41, 5.74) is 1.52. The normalized spacial score (nSPS) is 19.0. The highest BCUT2D eigenvalue weighted by molar-refractivity contribution is 5.53. The number of nitrogens with zero attached hydrogens (tertiary/aromatic N) is 5. The summed E-state index contributed by atoms with van der Waals surface area (Å²) in [6.45, 7) is 15.0. The molecule has 0 spiro atoms. The van der Waals surface area contributed by atoms with Crippen LogP contribution in [0, 0.1) is 16.7 Å². The summed E-state index contributed by atoms with van der Waals surface area (Å²) in [6, 6.07) is 2.11. The summed E-state index contributed by atoms with van der Waals surface area (Å²) in [7, 11) is 4.34. The van der Waals surface area contributed by atoms with Crippen LogP contribution in [0.25, 0.3) is 0 Å². The van der Waals surface area contributed by atoms with Gasteiger partial charge in [-0.05, 0) is 44.0 Å². The quantitative estimate of drug-likeness (QED) is 0.531. The van der Waals surface area contributed by atoms with Gasteiger partial charge in [0.1, 0.15) is 6.07 Å². The molecule has 1 aliphatic rings. The van der Waals surface area contributed by atoms with E-state index in [1.807, 2.05) is 13.0 Å². The van der Waals surface area contributed by atoms with Crippen molar-refractivity contribution in [3.63, 3.8) is 0 Å². The summed E-state index contributed by atoms with van der Waals surface area (Å²) >= 11 is 0. The van der Waals surface area contributed by atoms with Gasteiger partial charge in [-0.15, -0.1) is 0 Å². The van der Waals surface area contributed by atoms with Crippen LogP contribution in [0.15, 0.2) is 29.0 Å². The van der Waals surface area contributed by atoms with Gasteiger partial charge in [0.15, 0.2) is 0 Å². The molecule has 6 nitrogen and oxygen atoms in total. The summed E-state index contributed by atoms with van der Waals surface area (Å²) in [4.78, 5) is 11.3. The van der Waals surface area contributed by atoms with Gasteiger partial charge < -0.3 is 15.1 Å². The smallest absolute Gasteiger partial charge is 0.206 e. The first-order valence-corrected chi connectivity index (χ1v) is 9.36. The third kappa shape index (κ3) is 9.02. The van der Waals surface area contributed by atoms with Crippen molar-refractivity contribution in [1.82, 2.24) is 20.0 Å². The molecule has 1 fully saturated rings. The number of aliphatic imine (C=N–C) groups is 1. The van der Waals surface area contributed by atoms with Gasteiger partial charge in [0, 0.05) is 52.0 Å². The molecule has 0 amide bonds. The summed E-state index contributed by atoms with van der Waals surface area (Å²) < 4.78 is 0. The zero-order valence-electron chi connectivity index (χ0n) is 17.4. The zero-order chi connectivity index (χ0) is 19.6. The van der Waals surface area contributed by atoms with Gasteiger partial charge in [-0.1, -0.05) is 20.8 Å². The van der Waals surface area contributed by atoms with E-state index in [9.17, 15) is 0 Å². The maximum Gasteiger partial charge on any atom is 0.206 e. The molecule has 1 heterocycles. The summed E-state index contributed by atoms with van der Waals surface area (Å²) in [5.74, 6) is 0. The minimum atomic E-state index is -0.530. The lowest BCUT2D eigenvalue weighted by molar-refractivity contribution is 0.150. The van der Waals surface area contributed by atoms with Crippen LogP contribution in [-0.4, -0.2) is 80.4 Å². The summed E-state index contributed by atoms with van der Waals surface area (Å²) in [6.07, 6.45) is 7.02. The molecular formula is C20H36N6. The Labute approximate surface area is 159 Å². The zero-order valence-corrected chi connectivity index (χ0v) is 17.4. The Morgan fingerprint density at radius 2 is 1.96 bits per heavy atom. The standard InChI is InChI=1S/C20H36N6/c1-7-22-19(15-21)23-10-8-9-18(25(6)17-20(2,3)4)16-26-13-11-24(5)12-14-26/h7-10,19,23H,11-14,16-17H2,1-6H3/b10-8+,18-9-,22-7-. The van der Waals surface area contributed by atoms with Gasteiger partial charge in [0.25, 0.3) is 0 Å². The number of piperazine rings is 1. The van der Waals surface area contributed by atoms with E-state index in [1.165, 1.54) is 5.70 Å². The van der Waals surface area contributed by atoms with Crippen LogP contribution in [0.2, 0.25) is 0 Å². The van der Waals surface area contributed by atoms with Crippen molar-refractivity contribution in [2.24, 2.45) is 10.4 Å². The first-order valence-electron chi connectivity index (χ1n) is 9.36. The lowest BCUT2D eigenvalue weighted by atomic mass is 9.96. The highest BCUT2D eigenvalue weighted by Crippen LogP contribution is 2.18. The molecule has 1 unspecified atom stereocenters. The fraction of sp³-hybridized carbons (Fsp3) is 0.700. The maximum absolute atomic E-state index is 9.02. The van der Waals surface area contributed by atoms with E-state index in [0.717, 1.165) is 39.3 Å². The van der Waals surface area contributed by atoms with Crippen LogP contribution in [0.3, 0.4) is 0 Å². The molecule has 0 bridgehead atoms. The van der Waals surface area contributed by atoms with Crippen molar-refractivity contribution in [1.29, 1.82) is 5.26 Å². The largest absolute Gasteiger partial charge is 0.376 e. The Morgan fingerprint density at radius 3 is 2.50 bits per heavy atom. The van der Waals surface area contributed by atoms with E-state index in [1.54, 1.807) is 12.4 Å².